The van der Waals surface area contributed by atoms with Gasteiger partial charge in [0, 0.05) is 5.02 Å². The normalized spacial score (nSPS) is 10.1. The van der Waals surface area contributed by atoms with Gasteiger partial charge in [0.15, 0.2) is 5.76 Å². The molecule has 2 aromatic rings. The van der Waals surface area contributed by atoms with Crippen LogP contribution < -0.4 is 10.1 Å². The number of hydrogen-bond acceptors (Lipinski definition) is 5. The maximum atomic E-state index is 11.6. The molecule has 0 fully saturated rings. The first-order valence-electron chi connectivity index (χ1n) is 5.97. The van der Waals surface area contributed by atoms with Gasteiger partial charge in [0.2, 0.25) is 0 Å². The van der Waals surface area contributed by atoms with Crippen LogP contribution in [0.2, 0.25) is 5.02 Å². The molecule has 1 amide bonds. The number of nitrogens with zero attached hydrogens (tertiary/aromatic N) is 1. The van der Waals surface area contributed by atoms with E-state index in [0.717, 1.165) is 6.07 Å². The van der Waals surface area contributed by atoms with E-state index in [-0.39, 0.29) is 18.9 Å². The van der Waals surface area contributed by atoms with E-state index in [1.54, 1.807) is 24.3 Å². The van der Waals surface area contributed by atoms with Crippen molar-refractivity contribution in [3.8, 4) is 5.75 Å². The van der Waals surface area contributed by atoms with Crippen molar-refractivity contribution in [3.63, 3.8) is 0 Å². The molecule has 8 heteroatoms. The summed E-state index contributed by atoms with van der Waals surface area (Å²) >= 11 is 5.80. The van der Waals surface area contributed by atoms with Crippen LogP contribution in [0.15, 0.2) is 40.8 Å². The molecule has 0 aliphatic heterocycles. The topological polar surface area (TPSA) is 94.6 Å². The second-order valence-electron chi connectivity index (χ2n) is 3.96. The van der Waals surface area contributed by atoms with Crippen LogP contribution >= 0.6 is 11.6 Å². The van der Waals surface area contributed by atoms with Crippen LogP contribution in [0.1, 0.15) is 10.6 Å². The Morgan fingerprint density at radius 2 is 2.19 bits per heavy atom. The summed E-state index contributed by atoms with van der Waals surface area (Å²) in [6.07, 6.45) is 0. The molecule has 0 unspecified atom stereocenters. The van der Waals surface area contributed by atoms with E-state index in [1.807, 2.05) is 0 Å². The maximum absolute atomic E-state index is 11.6. The summed E-state index contributed by atoms with van der Waals surface area (Å²) in [4.78, 5) is 21.4. The fourth-order valence-electron chi connectivity index (χ4n) is 1.53. The number of hydrogen-bond donors (Lipinski definition) is 1. The zero-order valence-corrected chi connectivity index (χ0v) is 11.5. The highest BCUT2D eigenvalue weighted by Gasteiger charge is 2.16. The van der Waals surface area contributed by atoms with Crippen LogP contribution in [0, 0.1) is 10.1 Å². The molecule has 0 saturated carbocycles. The molecule has 1 aromatic heterocycles. The highest BCUT2D eigenvalue weighted by molar-refractivity contribution is 6.30. The first kappa shape index (κ1) is 14.9. The highest BCUT2D eigenvalue weighted by atomic mass is 35.5. The lowest BCUT2D eigenvalue weighted by molar-refractivity contribution is -0.402. The van der Waals surface area contributed by atoms with Crippen molar-refractivity contribution < 1.29 is 18.9 Å². The quantitative estimate of drug-likeness (QED) is 0.503. The van der Waals surface area contributed by atoms with Crippen LogP contribution in [0.25, 0.3) is 0 Å². The molecule has 0 aliphatic carbocycles. The Hall–Kier alpha value is -2.54. The van der Waals surface area contributed by atoms with Crippen molar-refractivity contribution in [3.05, 3.63) is 57.3 Å². The number of rotatable bonds is 6. The second kappa shape index (κ2) is 6.76. The number of nitro groups is 1. The van der Waals surface area contributed by atoms with Crippen LogP contribution in [0.3, 0.4) is 0 Å². The van der Waals surface area contributed by atoms with Crippen LogP contribution in [-0.4, -0.2) is 24.0 Å². The zero-order chi connectivity index (χ0) is 15.2. The second-order valence-corrected chi connectivity index (χ2v) is 4.39. The molecule has 0 atom stereocenters. The Bertz CT molecular complexity index is 656. The van der Waals surface area contributed by atoms with Gasteiger partial charge in [-0.2, -0.15) is 0 Å². The van der Waals surface area contributed by atoms with Crippen molar-refractivity contribution in [2.24, 2.45) is 0 Å². The smallest absolute Gasteiger partial charge is 0.433 e. The molecule has 1 N–H and O–H groups in total. The average Bonchev–Trinajstić information content (AvgIpc) is 2.93. The number of halogens is 1. The van der Waals surface area contributed by atoms with E-state index in [9.17, 15) is 14.9 Å². The molecule has 0 aliphatic rings. The third-order valence-corrected chi connectivity index (χ3v) is 2.68. The Morgan fingerprint density at radius 1 is 1.38 bits per heavy atom. The molecule has 0 saturated heterocycles. The van der Waals surface area contributed by atoms with E-state index in [0.29, 0.717) is 10.8 Å². The minimum Gasteiger partial charge on any atom is -0.492 e. The molecule has 1 heterocycles. The summed E-state index contributed by atoms with van der Waals surface area (Å²) < 4.78 is 10.1. The third kappa shape index (κ3) is 4.22. The molecule has 7 nitrogen and oxygen atoms in total. The summed E-state index contributed by atoms with van der Waals surface area (Å²) in [7, 11) is 0. The van der Waals surface area contributed by atoms with E-state index >= 15 is 0 Å². The fraction of sp³-hybridized carbons (Fsp3) is 0.154. The molecule has 0 spiro atoms. The Balaban J connectivity index is 1.77. The summed E-state index contributed by atoms with van der Waals surface area (Å²) in [6, 6.07) is 9.23. The largest absolute Gasteiger partial charge is 0.492 e. The molecule has 2 rings (SSSR count). The average molecular weight is 311 g/mol. The minimum atomic E-state index is -0.709. The first-order valence-corrected chi connectivity index (χ1v) is 6.35. The van der Waals surface area contributed by atoms with Crippen molar-refractivity contribution in [2.75, 3.05) is 13.2 Å². The van der Waals surface area contributed by atoms with Gasteiger partial charge in [-0.25, -0.2) is 0 Å². The van der Waals surface area contributed by atoms with E-state index in [1.165, 1.54) is 6.07 Å². The van der Waals surface area contributed by atoms with E-state index < -0.39 is 16.7 Å². The van der Waals surface area contributed by atoms with Gasteiger partial charge in [0.05, 0.1) is 12.6 Å². The van der Waals surface area contributed by atoms with Gasteiger partial charge in [-0.1, -0.05) is 17.7 Å². The molecule has 1 aromatic carbocycles. The first-order chi connectivity index (χ1) is 10.1. The minimum absolute atomic E-state index is 0.121. The Morgan fingerprint density at radius 3 is 2.86 bits per heavy atom. The Kier molecular flexibility index (Phi) is 4.78. The third-order valence-electron chi connectivity index (χ3n) is 2.45. The lowest BCUT2D eigenvalue weighted by atomic mass is 10.3. The standard InChI is InChI=1S/C13H11ClN2O5/c14-9-2-1-3-10(8-9)20-7-6-15-13(17)11-4-5-12(21-11)16(18)19/h1-5,8H,6-7H2,(H,15,17). The predicted molar refractivity (Wildman–Crippen MR) is 74.6 cm³/mol. The Labute approximate surface area is 124 Å². The van der Waals surface area contributed by atoms with Crippen LogP contribution in [-0.2, 0) is 0 Å². The van der Waals surface area contributed by atoms with Gasteiger partial charge in [-0.05, 0) is 24.3 Å². The number of furan rings is 1. The summed E-state index contributed by atoms with van der Waals surface area (Å²) in [5.41, 5.74) is 0. The van der Waals surface area contributed by atoms with Crippen LogP contribution in [0.4, 0.5) is 5.88 Å². The molecular formula is C13H11ClN2O5. The van der Waals surface area contributed by atoms with Gasteiger partial charge in [-0.15, -0.1) is 0 Å². The van der Waals surface area contributed by atoms with Crippen LogP contribution in [0.5, 0.6) is 5.75 Å². The maximum Gasteiger partial charge on any atom is 0.433 e. The van der Waals surface area contributed by atoms with E-state index in [4.69, 9.17) is 20.8 Å². The van der Waals surface area contributed by atoms with Crippen molar-refractivity contribution in [1.29, 1.82) is 0 Å². The fourth-order valence-corrected chi connectivity index (χ4v) is 1.71. The highest BCUT2D eigenvalue weighted by Crippen LogP contribution is 2.17. The van der Waals surface area contributed by atoms with Crippen molar-refractivity contribution in [2.45, 2.75) is 0 Å². The van der Waals surface area contributed by atoms with Gasteiger partial charge in [0.25, 0.3) is 5.91 Å². The molecule has 0 radical (unpaired) electrons. The zero-order valence-electron chi connectivity index (χ0n) is 10.7. The van der Waals surface area contributed by atoms with E-state index in [2.05, 4.69) is 5.32 Å². The van der Waals surface area contributed by atoms with Gasteiger partial charge < -0.3 is 14.5 Å². The number of ether oxygens (including phenoxy) is 1. The van der Waals surface area contributed by atoms with Crippen molar-refractivity contribution >= 4 is 23.4 Å². The van der Waals surface area contributed by atoms with Gasteiger partial charge in [-0.3, -0.25) is 14.9 Å². The summed E-state index contributed by atoms with van der Waals surface area (Å²) in [5, 5.41) is 13.5. The molecular weight excluding hydrogens is 300 g/mol. The summed E-state index contributed by atoms with van der Waals surface area (Å²) in [6.45, 7) is 0.453. The lowest BCUT2D eigenvalue weighted by Gasteiger charge is -2.06. The number of nitrogens with one attached hydrogen (secondary N) is 1. The lowest BCUT2D eigenvalue weighted by Crippen LogP contribution is -2.27. The summed E-state index contributed by atoms with van der Waals surface area (Å²) in [5.74, 6) is -0.553. The molecule has 21 heavy (non-hydrogen) atoms. The SMILES string of the molecule is O=C(NCCOc1cccc(Cl)c1)c1ccc([N+](=O)[O-])o1. The number of amides is 1. The monoisotopic (exact) mass is 310 g/mol. The number of carbonyl (C=O) groups is 1. The molecule has 110 valence electrons. The molecule has 0 bridgehead atoms. The predicted octanol–water partition coefficient (Wildman–Crippen LogP) is 2.65. The number of carbonyl (C=O) groups excluding carboxylic acids is 1. The van der Waals surface area contributed by atoms with Crippen molar-refractivity contribution in [1.82, 2.24) is 5.32 Å². The van der Waals surface area contributed by atoms with Gasteiger partial charge in [0.1, 0.15) is 17.3 Å². The number of benzene rings is 1. The van der Waals surface area contributed by atoms with Gasteiger partial charge >= 0.3 is 5.88 Å².